The molecule has 0 spiro atoms. The van der Waals surface area contributed by atoms with Crippen molar-refractivity contribution >= 4 is 22.2 Å². The third kappa shape index (κ3) is 2.21. The maximum absolute atomic E-state index is 4.78. The molecule has 0 bridgehead atoms. The zero-order valence-corrected chi connectivity index (χ0v) is 11.9. The number of hydrogen-bond acceptors (Lipinski definition) is 4. The summed E-state index contributed by atoms with van der Waals surface area (Å²) in [5.41, 5.74) is 3.67. The van der Waals surface area contributed by atoms with Gasteiger partial charge in [-0.1, -0.05) is 6.07 Å². The van der Waals surface area contributed by atoms with Crippen molar-refractivity contribution in [1.29, 1.82) is 0 Å². The molecule has 0 aliphatic carbocycles. The van der Waals surface area contributed by atoms with Crippen molar-refractivity contribution in [3.05, 3.63) is 58.2 Å². The van der Waals surface area contributed by atoms with E-state index in [0.29, 0.717) is 0 Å². The predicted molar refractivity (Wildman–Crippen MR) is 81.7 cm³/mol. The fourth-order valence-corrected chi connectivity index (χ4v) is 3.54. The molecule has 1 aliphatic rings. The van der Waals surface area contributed by atoms with Crippen molar-refractivity contribution in [2.75, 3.05) is 6.54 Å². The van der Waals surface area contributed by atoms with Crippen LogP contribution in [0.1, 0.15) is 16.1 Å². The largest absolute Gasteiger partial charge is 0.294 e. The molecule has 0 unspecified atom stereocenters. The van der Waals surface area contributed by atoms with Gasteiger partial charge >= 0.3 is 0 Å². The van der Waals surface area contributed by atoms with E-state index in [1.165, 1.54) is 16.1 Å². The second-order valence-electron chi connectivity index (χ2n) is 5.20. The van der Waals surface area contributed by atoms with Crippen LogP contribution in [0.2, 0.25) is 0 Å². The van der Waals surface area contributed by atoms with Crippen LogP contribution >= 0.6 is 11.3 Å². The monoisotopic (exact) mass is 281 g/mol. The van der Waals surface area contributed by atoms with Gasteiger partial charge < -0.3 is 0 Å². The van der Waals surface area contributed by atoms with Crippen LogP contribution in [0, 0.1) is 0 Å². The zero-order chi connectivity index (χ0) is 13.4. The Bertz CT molecular complexity index is 737. The highest BCUT2D eigenvalue weighted by atomic mass is 32.1. The van der Waals surface area contributed by atoms with Gasteiger partial charge in [-0.25, -0.2) is 0 Å². The number of thiophene rings is 1. The average molecular weight is 281 g/mol. The summed E-state index contributed by atoms with van der Waals surface area (Å²) in [6.07, 6.45) is 4.76. The zero-order valence-electron chi connectivity index (χ0n) is 11.1. The van der Waals surface area contributed by atoms with Crippen LogP contribution < -0.4 is 0 Å². The van der Waals surface area contributed by atoms with E-state index in [9.17, 15) is 0 Å². The van der Waals surface area contributed by atoms with Crippen molar-refractivity contribution in [3.8, 4) is 0 Å². The minimum atomic E-state index is 0.991. The molecule has 0 N–H and O–H groups in total. The lowest BCUT2D eigenvalue weighted by Gasteiger charge is -2.27. The fourth-order valence-electron chi connectivity index (χ4n) is 2.80. The van der Waals surface area contributed by atoms with Crippen LogP contribution in [0.25, 0.3) is 10.9 Å². The topological polar surface area (TPSA) is 29.0 Å². The van der Waals surface area contributed by atoms with Crippen molar-refractivity contribution in [2.24, 2.45) is 0 Å². The predicted octanol–water partition coefficient (Wildman–Crippen LogP) is 3.25. The summed E-state index contributed by atoms with van der Waals surface area (Å²) in [5, 5.41) is 3.29. The second-order valence-corrected chi connectivity index (χ2v) is 6.23. The summed E-state index contributed by atoms with van der Waals surface area (Å²) in [6, 6.07) is 8.58. The molecule has 1 aliphatic heterocycles. The Kier molecular flexibility index (Phi) is 2.98. The van der Waals surface area contributed by atoms with Crippen LogP contribution in [0.4, 0.5) is 0 Å². The number of nitrogens with zero attached hydrogens (tertiary/aromatic N) is 3. The van der Waals surface area contributed by atoms with Gasteiger partial charge in [0.25, 0.3) is 0 Å². The van der Waals surface area contributed by atoms with Gasteiger partial charge in [0.2, 0.25) is 0 Å². The maximum Gasteiger partial charge on any atom is 0.0736 e. The molecule has 4 heteroatoms. The Labute approximate surface area is 121 Å². The Morgan fingerprint density at radius 2 is 2.30 bits per heavy atom. The van der Waals surface area contributed by atoms with E-state index < -0.39 is 0 Å². The quantitative estimate of drug-likeness (QED) is 0.722. The normalized spacial score (nSPS) is 15.4. The molecule has 0 fully saturated rings. The molecule has 0 saturated heterocycles. The van der Waals surface area contributed by atoms with Crippen molar-refractivity contribution in [3.63, 3.8) is 0 Å². The van der Waals surface area contributed by atoms with E-state index in [1.807, 2.05) is 29.8 Å². The summed E-state index contributed by atoms with van der Waals surface area (Å²) >= 11 is 1.83. The highest BCUT2D eigenvalue weighted by molar-refractivity contribution is 7.09. The highest BCUT2D eigenvalue weighted by Crippen LogP contribution is 2.23. The molecule has 100 valence electrons. The van der Waals surface area contributed by atoms with Crippen LogP contribution in [-0.4, -0.2) is 21.4 Å². The van der Waals surface area contributed by atoms with E-state index in [2.05, 4.69) is 33.5 Å². The molecule has 3 aromatic rings. The first-order chi connectivity index (χ1) is 9.88. The van der Waals surface area contributed by atoms with E-state index >= 15 is 0 Å². The Morgan fingerprint density at radius 1 is 1.30 bits per heavy atom. The number of hydrogen-bond donors (Lipinski definition) is 0. The molecule has 0 aromatic carbocycles. The summed E-state index contributed by atoms with van der Waals surface area (Å²) in [6.45, 7) is 3.13. The van der Waals surface area contributed by atoms with Crippen molar-refractivity contribution < 1.29 is 0 Å². The van der Waals surface area contributed by atoms with E-state index in [4.69, 9.17) is 4.98 Å². The molecule has 3 nitrogen and oxygen atoms in total. The molecule has 0 amide bonds. The molecular weight excluding hydrogens is 266 g/mol. The summed E-state index contributed by atoms with van der Waals surface area (Å²) < 4.78 is 0. The lowest BCUT2D eigenvalue weighted by Crippen LogP contribution is -2.30. The number of pyridine rings is 2. The van der Waals surface area contributed by atoms with E-state index in [1.54, 1.807) is 0 Å². The van der Waals surface area contributed by atoms with Crippen molar-refractivity contribution in [2.45, 2.75) is 19.5 Å². The maximum atomic E-state index is 4.78. The van der Waals surface area contributed by atoms with E-state index in [-0.39, 0.29) is 0 Å². The Morgan fingerprint density at radius 3 is 3.20 bits per heavy atom. The first kappa shape index (κ1) is 12.0. The number of aromatic nitrogens is 2. The van der Waals surface area contributed by atoms with Gasteiger partial charge in [-0.05, 0) is 29.1 Å². The molecule has 20 heavy (non-hydrogen) atoms. The van der Waals surface area contributed by atoms with Gasteiger partial charge in [-0.3, -0.25) is 14.9 Å². The van der Waals surface area contributed by atoms with Gasteiger partial charge in [0.05, 0.1) is 5.52 Å². The Balaban J connectivity index is 1.63. The molecule has 3 aromatic heterocycles. The van der Waals surface area contributed by atoms with Gasteiger partial charge in [0.15, 0.2) is 0 Å². The number of fused-ring (bicyclic) bond motifs is 2. The summed E-state index contributed by atoms with van der Waals surface area (Å²) in [4.78, 5) is 12.9. The van der Waals surface area contributed by atoms with Gasteiger partial charge in [0.1, 0.15) is 0 Å². The lowest BCUT2D eigenvalue weighted by molar-refractivity contribution is 0.246. The smallest absolute Gasteiger partial charge is 0.0736 e. The van der Waals surface area contributed by atoms with Gasteiger partial charge in [-0.15, -0.1) is 11.3 Å². The standard InChI is InChI=1S/C16H15N3S/c1-2-14(20-7-1)11-19-6-4-16-13(10-19)8-12-9-17-5-3-15(12)18-16/h1-3,5,7-9H,4,6,10-11H2. The van der Waals surface area contributed by atoms with Crippen LogP contribution in [-0.2, 0) is 19.5 Å². The second kappa shape index (κ2) is 4.96. The molecule has 4 rings (SSSR count). The first-order valence-corrected chi connectivity index (χ1v) is 7.74. The van der Waals surface area contributed by atoms with Crippen LogP contribution in [0.15, 0.2) is 42.0 Å². The first-order valence-electron chi connectivity index (χ1n) is 6.86. The Hall–Kier alpha value is -1.78. The summed E-state index contributed by atoms with van der Waals surface area (Å²) in [7, 11) is 0. The molecule has 4 heterocycles. The van der Waals surface area contributed by atoms with Crippen molar-refractivity contribution in [1.82, 2.24) is 14.9 Å². The summed E-state index contributed by atoms with van der Waals surface area (Å²) in [5.74, 6) is 0. The van der Waals surface area contributed by atoms with E-state index in [0.717, 1.165) is 37.0 Å². The fraction of sp³-hybridized carbons (Fsp3) is 0.250. The third-order valence-electron chi connectivity index (χ3n) is 3.80. The molecule has 0 atom stereocenters. The van der Waals surface area contributed by atoms with Gasteiger partial charge in [-0.2, -0.15) is 0 Å². The lowest BCUT2D eigenvalue weighted by atomic mass is 10.0. The van der Waals surface area contributed by atoms with Crippen LogP contribution in [0.5, 0.6) is 0 Å². The third-order valence-corrected chi connectivity index (χ3v) is 4.66. The minimum Gasteiger partial charge on any atom is -0.294 e. The number of rotatable bonds is 2. The highest BCUT2D eigenvalue weighted by Gasteiger charge is 2.18. The molecule has 0 radical (unpaired) electrons. The minimum absolute atomic E-state index is 0.991. The average Bonchev–Trinajstić information content (AvgIpc) is 2.98. The molecular formula is C16H15N3S. The van der Waals surface area contributed by atoms with Gasteiger partial charge in [0, 0.05) is 54.4 Å². The SMILES string of the molecule is c1csc(CN2CCc3nc4ccncc4cc3C2)c1. The molecule has 0 saturated carbocycles. The van der Waals surface area contributed by atoms with Crippen LogP contribution in [0.3, 0.4) is 0 Å².